The summed E-state index contributed by atoms with van der Waals surface area (Å²) in [5, 5.41) is 10.0. The quantitative estimate of drug-likeness (QED) is 0.394. The van der Waals surface area contributed by atoms with E-state index in [0.717, 1.165) is 18.8 Å². The molecular weight excluding hydrogens is 417 g/mol. The van der Waals surface area contributed by atoms with Gasteiger partial charge in [-0.1, -0.05) is 23.2 Å². The second kappa shape index (κ2) is 10.3. The molecule has 0 amide bonds. The second-order valence-electron chi connectivity index (χ2n) is 5.03. The van der Waals surface area contributed by atoms with Gasteiger partial charge in [0.1, 0.15) is 10.8 Å². The van der Waals surface area contributed by atoms with Crippen LogP contribution in [0.3, 0.4) is 0 Å². The van der Waals surface area contributed by atoms with E-state index in [1.807, 2.05) is 13.8 Å². The molecule has 0 atom stereocenters. The first kappa shape index (κ1) is 23.0. The largest absolute Gasteiger partial charge is 0.726 e. The van der Waals surface area contributed by atoms with E-state index >= 15 is 0 Å². The van der Waals surface area contributed by atoms with Gasteiger partial charge >= 0.3 is 5.69 Å². The van der Waals surface area contributed by atoms with Crippen LogP contribution in [0.25, 0.3) is 4.98 Å². The SMILES string of the molecule is CCN(CC)c1cc(Cl)c([N+]#N)cc1Oc1ccc(Cl)cc1.O=S(=O)([O-])O. The minimum atomic E-state index is -4.92. The summed E-state index contributed by atoms with van der Waals surface area (Å²) < 4.78 is 38.7. The highest BCUT2D eigenvalue weighted by molar-refractivity contribution is 7.79. The molecule has 0 aliphatic rings. The lowest BCUT2D eigenvalue weighted by atomic mass is 10.2. The van der Waals surface area contributed by atoms with Crippen LogP contribution in [0, 0.1) is 5.39 Å². The third-order valence-corrected chi connectivity index (χ3v) is 3.84. The van der Waals surface area contributed by atoms with Crippen LogP contribution < -0.4 is 9.64 Å². The number of diazo groups is 1. The Morgan fingerprint density at radius 3 is 2.15 bits per heavy atom. The maximum Gasteiger partial charge on any atom is 0.407 e. The van der Waals surface area contributed by atoms with Crippen LogP contribution in [0.4, 0.5) is 11.4 Å². The molecule has 2 aromatic rings. The zero-order valence-corrected chi connectivity index (χ0v) is 16.8. The van der Waals surface area contributed by atoms with E-state index in [1.54, 1.807) is 36.4 Å². The molecule has 0 unspecified atom stereocenters. The maximum absolute atomic E-state index is 9.04. The van der Waals surface area contributed by atoms with Gasteiger partial charge in [0.15, 0.2) is 10.7 Å². The third-order valence-electron chi connectivity index (χ3n) is 3.28. The molecule has 0 aliphatic heterocycles. The van der Waals surface area contributed by atoms with Crippen LogP contribution >= 0.6 is 23.2 Å². The molecular formula is C16H17Cl2N3O5S. The lowest BCUT2D eigenvalue weighted by molar-refractivity contribution is 0.366. The first-order valence-corrected chi connectivity index (χ1v) is 9.76. The van der Waals surface area contributed by atoms with Gasteiger partial charge in [-0.15, -0.1) is 0 Å². The Kier molecular flexibility index (Phi) is 8.75. The van der Waals surface area contributed by atoms with Gasteiger partial charge in [0.05, 0.1) is 11.8 Å². The summed E-state index contributed by atoms with van der Waals surface area (Å²) in [7, 11) is -4.92. The summed E-state index contributed by atoms with van der Waals surface area (Å²) in [6.45, 7) is 5.71. The van der Waals surface area contributed by atoms with E-state index in [9.17, 15) is 0 Å². The minimum Gasteiger partial charge on any atom is -0.726 e. The Balaban J connectivity index is 0.000000646. The molecule has 0 saturated carbocycles. The highest BCUT2D eigenvalue weighted by Gasteiger charge is 2.21. The molecule has 27 heavy (non-hydrogen) atoms. The fourth-order valence-electron chi connectivity index (χ4n) is 2.13. The van der Waals surface area contributed by atoms with Crippen LogP contribution in [0.1, 0.15) is 13.8 Å². The van der Waals surface area contributed by atoms with Crippen molar-refractivity contribution in [2.75, 3.05) is 18.0 Å². The zero-order chi connectivity index (χ0) is 20.6. The number of nitrogens with zero attached hydrogens (tertiary/aromatic N) is 3. The number of halogens is 2. The number of rotatable bonds is 5. The van der Waals surface area contributed by atoms with Gasteiger partial charge in [-0.2, -0.15) is 0 Å². The van der Waals surface area contributed by atoms with Crippen LogP contribution in [-0.4, -0.2) is 30.6 Å². The molecule has 0 aromatic heterocycles. The number of benzene rings is 2. The second-order valence-corrected chi connectivity index (χ2v) is 6.73. The van der Waals surface area contributed by atoms with Crippen molar-refractivity contribution in [2.24, 2.45) is 0 Å². The summed E-state index contributed by atoms with van der Waals surface area (Å²) in [4.78, 5) is 5.30. The smallest absolute Gasteiger partial charge is 0.407 e. The first-order valence-electron chi connectivity index (χ1n) is 7.64. The molecule has 0 saturated heterocycles. The highest BCUT2D eigenvalue weighted by atomic mass is 35.5. The van der Waals surface area contributed by atoms with Crippen LogP contribution in [0.2, 0.25) is 10.0 Å². The van der Waals surface area contributed by atoms with Crippen molar-refractivity contribution >= 4 is 45.0 Å². The number of hydrogen-bond donors (Lipinski definition) is 1. The summed E-state index contributed by atoms with van der Waals surface area (Å²) in [5.41, 5.74) is 1.11. The van der Waals surface area contributed by atoms with Gasteiger partial charge in [-0.3, -0.25) is 4.55 Å². The highest BCUT2D eigenvalue weighted by Crippen LogP contribution is 2.40. The monoisotopic (exact) mass is 433 g/mol. The molecule has 8 nitrogen and oxygen atoms in total. The van der Waals surface area contributed by atoms with E-state index in [-0.39, 0.29) is 5.69 Å². The molecule has 0 bridgehead atoms. The van der Waals surface area contributed by atoms with Crippen molar-refractivity contribution in [3.05, 3.63) is 51.4 Å². The Morgan fingerprint density at radius 1 is 1.19 bits per heavy atom. The lowest BCUT2D eigenvalue weighted by Gasteiger charge is -2.23. The van der Waals surface area contributed by atoms with Crippen LogP contribution in [0.15, 0.2) is 36.4 Å². The van der Waals surface area contributed by atoms with E-state index in [0.29, 0.717) is 21.5 Å². The molecule has 146 valence electrons. The van der Waals surface area contributed by atoms with Crippen molar-refractivity contribution in [3.8, 4) is 11.5 Å². The molecule has 0 spiro atoms. The maximum atomic E-state index is 9.04. The summed E-state index contributed by atoms with van der Waals surface area (Å²) >= 11 is 12.0. The summed E-state index contributed by atoms with van der Waals surface area (Å²) in [5.74, 6) is 1.22. The predicted octanol–water partition coefficient (Wildman–Crippen LogP) is 5.12. The Hall–Kier alpha value is -2.09. The first-order chi connectivity index (χ1) is 12.6. The number of anilines is 1. The van der Waals surface area contributed by atoms with Gasteiger partial charge in [-0.25, -0.2) is 8.42 Å². The van der Waals surface area contributed by atoms with Crippen LogP contribution in [0.5, 0.6) is 11.5 Å². The standard InChI is InChI=1S/C16H16Cl2N3O.H2O4S/c1-3-21(4-2)15-9-13(18)14(20-19)10-16(15)22-12-7-5-11(17)6-8-12;1-5(2,3)4/h5-10H,3-4H2,1-2H3;(H2,1,2,3,4)/q+1;/p-1. The molecule has 1 N–H and O–H groups in total. The van der Waals surface area contributed by atoms with Crippen molar-refractivity contribution < 1.29 is 22.3 Å². The molecule has 2 aromatic carbocycles. The van der Waals surface area contributed by atoms with Crippen molar-refractivity contribution in [1.29, 1.82) is 5.39 Å². The van der Waals surface area contributed by atoms with Gasteiger partial charge in [0.25, 0.3) is 0 Å². The average Bonchev–Trinajstić information content (AvgIpc) is 2.58. The molecule has 0 fully saturated rings. The van der Waals surface area contributed by atoms with Crippen LogP contribution in [-0.2, 0) is 10.4 Å². The molecule has 0 radical (unpaired) electrons. The molecule has 0 heterocycles. The van der Waals surface area contributed by atoms with Crippen molar-refractivity contribution in [3.63, 3.8) is 0 Å². The fraction of sp³-hybridized carbons (Fsp3) is 0.250. The molecule has 11 heteroatoms. The van der Waals surface area contributed by atoms with E-state index in [4.69, 9.17) is 50.9 Å². The Labute approximate surface area is 167 Å². The van der Waals surface area contributed by atoms with Crippen molar-refractivity contribution in [1.82, 2.24) is 0 Å². The summed E-state index contributed by atoms with van der Waals surface area (Å²) in [6, 6.07) is 10.4. The molecule has 0 aliphatic carbocycles. The Morgan fingerprint density at radius 2 is 1.70 bits per heavy atom. The van der Waals surface area contributed by atoms with E-state index in [2.05, 4.69) is 9.88 Å². The fourth-order valence-corrected chi connectivity index (χ4v) is 2.45. The van der Waals surface area contributed by atoms with Gasteiger partial charge < -0.3 is 14.2 Å². The Bertz CT molecular complexity index is 903. The van der Waals surface area contributed by atoms with Crippen molar-refractivity contribution in [2.45, 2.75) is 13.8 Å². The normalized spacial score (nSPS) is 10.4. The number of hydrogen-bond acceptors (Lipinski definition) is 6. The van der Waals surface area contributed by atoms with Gasteiger partial charge in [0.2, 0.25) is 15.8 Å². The predicted molar refractivity (Wildman–Crippen MR) is 104 cm³/mol. The number of ether oxygens (including phenoxy) is 1. The average molecular weight is 434 g/mol. The minimum absolute atomic E-state index is 0.265. The van der Waals surface area contributed by atoms with Gasteiger partial charge in [0, 0.05) is 18.1 Å². The van der Waals surface area contributed by atoms with E-state index < -0.39 is 10.4 Å². The topological polar surface area (TPSA) is 118 Å². The summed E-state index contributed by atoms with van der Waals surface area (Å²) in [6.07, 6.45) is 0. The zero-order valence-electron chi connectivity index (χ0n) is 14.5. The molecule has 2 rings (SSSR count). The van der Waals surface area contributed by atoms with E-state index in [1.165, 1.54) is 0 Å². The lowest BCUT2D eigenvalue weighted by Crippen LogP contribution is -2.22. The third kappa shape index (κ3) is 7.99. The van der Waals surface area contributed by atoms with Gasteiger partial charge in [-0.05, 0) is 44.2 Å².